The molecule has 2 aliphatic rings. The molecule has 2 N–H and O–H groups in total. The van der Waals surface area contributed by atoms with Gasteiger partial charge in [0.15, 0.2) is 0 Å². The Labute approximate surface area is 164 Å². The molecule has 2 aliphatic carbocycles. The first-order valence-electron chi connectivity index (χ1n) is 9.47. The molecule has 0 bridgehead atoms. The number of benzene rings is 1. The summed E-state index contributed by atoms with van der Waals surface area (Å²) in [7, 11) is -3.55. The number of nitrogens with one attached hydrogen (secondary N) is 2. The zero-order chi connectivity index (χ0) is 18.9. The number of sulfonamides is 1. The predicted molar refractivity (Wildman–Crippen MR) is 107 cm³/mol. The fraction of sp³-hybridized carbons (Fsp3) is 0.450. The van der Waals surface area contributed by atoms with Gasteiger partial charge in [0.05, 0.1) is 5.41 Å². The maximum Gasteiger partial charge on any atom is 0.271 e. The highest BCUT2D eigenvalue weighted by molar-refractivity contribution is 7.94. The van der Waals surface area contributed by atoms with Crippen molar-refractivity contribution in [3.05, 3.63) is 47.3 Å². The third kappa shape index (κ3) is 3.89. The van der Waals surface area contributed by atoms with E-state index in [1.807, 2.05) is 12.1 Å². The molecule has 1 heterocycles. The molecule has 27 heavy (non-hydrogen) atoms. The lowest BCUT2D eigenvalue weighted by Gasteiger charge is -2.25. The zero-order valence-electron chi connectivity index (χ0n) is 15.1. The van der Waals surface area contributed by atoms with Gasteiger partial charge < -0.3 is 5.32 Å². The van der Waals surface area contributed by atoms with E-state index in [9.17, 15) is 13.2 Å². The van der Waals surface area contributed by atoms with Crippen LogP contribution in [0.2, 0.25) is 0 Å². The summed E-state index contributed by atoms with van der Waals surface area (Å²) < 4.78 is 27.5. The molecule has 0 unspecified atom stereocenters. The van der Waals surface area contributed by atoms with Gasteiger partial charge in [-0.3, -0.25) is 9.52 Å². The van der Waals surface area contributed by atoms with Gasteiger partial charge in [0.1, 0.15) is 4.21 Å². The Hall–Kier alpha value is -1.86. The Morgan fingerprint density at radius 1 is 1.04 bits per heavy atom. The standard InChI is InChI=1S/C20H24N2O3S2/c23-19(21-16-5-2-1-3-6-16)20(12-13-20)15-8-10-17(11-9-15)22-27(24,25)18-7-4-14-26-18/h4,7-11,14,16,22H,1-3,5-6,12-13H2,(H,21,23). The van der Waals surface area contributed by atoms with Crippen LogP contribution in [0.1, 0.15) is 50.5 Å². The molecular formula is C20H24N2O3S2. The quantitative estimate of drug-likeness (QED) is 0.763. The number of anilines is 1. The molecule has 0 aliphatic heterocycles. The van der Waals surface area contributed by atoms with E-state index in [1.165, 1.54) is 30.6 Å². The second-order valence-corrected chi connectivity index (χ2v) is 10.4. The van der Waals surface area contributed by atoms with E-state index in [-0.39, 0.29) is 10.1 Å². The van der Waals surface area contributed by atoms with E-state index in [2.05, 4.69) is 10.0 Å². The van der Waals surface area contributed by atoms with Gasteiger partial charge in [-0.1, -0.05) is 37.5 Å². The van der Waals surface area contributed by atoms with Crippen molar-refractivity contribution in [2.45, 2.75) is 60.6 Å². The minimum Gasteiger partial charge on any atom is -0.353 e. The topological polar surface area (TPSA) is 75.3 Å². The fourth-order valence-electron chi connectivity index (χ4n) is 3.82. The average molecular weight is 405 g/mol. The van der Waals surface area contributed by atoms with Crippen molar-refractivity contribution in [2.24, 2.45) is 0 Å². The van der Waals surface area contributed by atoms with Gasteiger partial charge >= 0.3 is 0 Å². The first-order valence-corrected chi connectivity index (χ1v) is 11.8. The largest absolute Gasteiger partial charge is 0.353 e. The lowest BCUT2D eigenvalue weighted by Crippen LogP contribution is -2.42. The number of carbonyl (C=O) groups excluding carboxylic acids is 1. The van der Waals surface area contributed by atoms with Crippen molar-refractivity contribution in [1.29, 1.82) is 0 Å². The van der Waals surface area contributed by atoms with E-state index in [0.717, 1.165) is 31.2 Å². The molecule has 1 aromatic carbocycles. The van der Waals surface area contributed by atoms with Crippen LogP contribution in [0.15, 0.2) is 46.0 Å². The van der Waals surface area contributed by atoms with E-state index >= 15 is 0 Å². The smallest absolute Gasteiger partial charge is 0.271 e. The minimum absolute atomic E-state index is 0.126. The Morgan fingerprint density at radius 3 is 2.33 bits per heavy atom. The zero-order valence-corrected chi connectivity index (χ0v) is 16.7. The Kier molecular flexibility index (Phi) is 4.99. The van der Waals surface area contributed by atoms with Crippen LogP contribution in [0.5, 0.6) is 0 Å². The second-order valence-electron chi connectivity index (χ2n) is 7.51. The van der Waals surface area contributed by atoms with Gasteiger partial charge in [-0.25, -0.2) is 8.42 Å². The molecule has 2 fully saturated rings. The summed E-state index contributed by atoms with van der Waals surface area (Å²) in [6.07, 6.45) is 7.50. The number of rotatable bonds is 6. The summed E-state index contributed by atoms with van der Waals surface area (Å²) in [5.74, 6) is 0.126. The Morgan fingerprint density at radius 2 is 1.74 bits per heavy atom. The Bertz CT molecular complexity index is 895. The summed E-state index contributed by atoms with van der Waals surface area (Å²) in [6, 6.07) is 10.8. The van der Waals surface area contributed by atoms with Crippen LogP contribution in [0.4, 0.5) is 5.69 Å². The maximum absolute atomic E-state index is 12.8. The highest BCUT2D eigenvalue weighted by Crippen LogP contribution is 2.49. The molecule has 5 nitrogen and oxygen atoms in total. The van der Waals surface area contributed by atoms with Crippen LogP contribution >= 0.6 is 11.3 Å². The number of carbonyl (C=O) groups is 1. The molecule has 0 saturated heterocycles. The lowest BCUT2D eigenvalue weighted by atomic mass is 9.91. The molecule has 2 saturated carbocycles. The van der Waals surface area contributed by atoms with Crippen molar-refractivity contribution in [3.8, 4) is 0 Å². The predicted octanol–water partition coefficient (Wildman–Crippen LogP) is 4.03. The SMILES string of the molecule is O=C(NC1CCCCC1)C1(c2ccc(NS(=O)(=O)c3cccs3)cc2)CC1. The Balaban J connectivity index is 1.44. The molecule has 0 atom stereocenters. The summed E-state index contributed by atoms with van der Waals surface area (Å²) in [5, 5.41) is 4.98. The average Bonchev–Trinajstić information content (AvgIpc) is 3.28. The third-order valence-electron chi connectivity index (χ3n) is 5.57. The van der Waals surface area contributed by atoms with E-state index in [4.69, 9.17) is 0 Å². The number of hydrogen-bond donors (Lipinski definition) is 2. The second kappa shape index (κ2) is 7.28. The van der Waals surface area contributed by atoms with Gasteiger partial charge in [0.25, 0.3) is 10.0 Å². The van der Waals surface area contributed by atoms with E-state index in [1.54, 1.807) is 29.6 Å². The summed E-state index contributed by atoms with van der Waals surface area (Å²) >= 11 is 1.18. The van der Waals surface area contributed by atoms with Crippen LogP contribution in [0, 0.1) is 0 Å². The van der Waals surface area contributed by atoms with Gasteiger partial charge in [-0.15, -0.1) is 11.3 Å². The van der Waals surface area contributed by atoms with E-state index in [0.29, 0.717) is 11.7 Å². The minimum atomic E-state index is -3.55. The molecule has 144 valence electrons. The van der Waals surface area contributed by atoms with Crippen LogP contribution in [0.3, 0.4) is 0 Å². The van der Waals surface area contributed by atoms with Gasteiger partial charge in [-0.05, 0) is 54.8 Å². The van der Waals surface area contributed by atoms with Gasteiger partial charge in [0, 0.05) is 11.7 Å². The monoisotopic (exact) mass is 404 g/mol. The summed E-state index contributed by atoms with van der Waals surface area (Å²) in [6.45, 7) is 0. The lowest BCUT2D eigenvalue weighted by molar-refractivity contribution is -0.124. The molecule has 1 amide bonds. The number of thiophene rings is 1. The third-order valence-corrected chi connectivity index (χ3v) is 8.35. The highest BCUT2D eigenvalue weighted by atomic mass is 32.2. The molecule has 4 rings (SSSR count). The van der Waals surface area contributed by atoms with E-state index < -0.39 is 15.4 Å². The molecule has 2 aromatic rings. The molecular weight excluding hydrogens is 380 g/mol. The molecule has 7 heteroatoms. The van der Waals surface area contributed by atoms with Gasteiger partial charge in [0.2, 0.25) is 5.91 Å². The van der Waals surface area contributed by atoms with Crippen LogP contribution in [-0.4, -0.2) is 20.4 Å². The normalized spacial score (nSPS) is 19.4. The van der Waals surface area contributed by atoms with Gasteiger partial charge in [-0.2, -0.15) is 0 Å². The molecule has 0 spiro atoms. The summed E-state index contributed by atoms with van der Waals surface area (Å²) in [4.78, 5) is 12.8. The van der Waals surface area contributed by atoms with Crippen LogP contribution in [0.25, 0.3) is 0 Å². The fourth-order valence-corrected chi connectivity index (χ4v) is 5.87. The van der Waals surface area contributed by atoms with Crippen molar-refractivity contribution in [2.75, 3.05) is 4.72 Å². The summed E-state index contributed by atoms with van der Waals surface area (Å²) in [5.41, 5.74) is 1.05. The maximum atomic E-state index is 12.8. The highest BCUT2D eigenvalue weighted by Gasteiger charge is 2.51. The molecule has 0 radical (unpaired) electrons. The van der Waals surface area contributed by atoms with Crippen LogP contribution < -0.4 is 10.0 Å². The number of hydrogen-bond acceptors (Lipinski definition) is 4. The van der Waals surface area contributed by atoms with Crippen LogP contribution in [-0.2, 0) is 20.2 Å². The van der Waals surface area contributed by atoms with Crippen molar-refractivity contribution >= 4 is 33.0 Å². The molecule has 1 aromatic heterocycles. The first kappa shape index (κ1) is 18.5. The first-order chi connectivity index (χ1) is 13.0. The number of amides is 1. The van der Waals surface area contributed by atoms with Crippen molar-refractivity contribution in [1.82, 2.24) is 5.32 Å². The van der Waals surface area contributed by atoms with Crippen molar-refractivity contribution in [3.63, 3.8) is 0 Å². The van der Waals surface area contributed by atoms with Crippen molar-refractivity contribution < 1.29 is 13.2 Å².